The van der Waals surface area contributed by atoms with Crippen molar-refractivity contribution in [3.8, 4) is 0 Å². The standard InChI is InChI=1S/C13H20Cl2N2/c1-12(2,3)10-5-6-11(16-7-10)17-13(4,8-14)9-15/h5-7H,8-9H2,1-4H3,(H,16,17). The molecule has 0 aromatic carbocycles. The molecule has 4 heteroatoms. The number of aromatic nitrogens is 1. The van der Waals surface area contributed by atoms with Gasteiger partial charge >= 0.3 is 0 Å². The molecule has 0 bridgehead atoms. The fraction of sp³-hybridized carbons (Fsp3) is 0.615. The molecule has 0 atom stereocenters. The second-order valence-electron chi connectivity index (χ2n) is 5.64. The third-order valence-electron chi connectivity index (χ3n) is 2.65. The first kappa shape index (κ1) is 14.6. The second-order valence-corrected chi connectivity index (χ2v) is 6.17. The Morgan fingerprint density at radius 2 is 1.71 bits per heavy atom. The molecule has 17 heavy (non-hydrogen) atoms. The van der Waals surface area contributed by atoms with Crippen LogP contribution in [0.1, 0.15) is 33.3 Å². The fourth-order valence-corrected chi connectivity index (χ4v) is 1.74. The van der Waals surface area contributed by atoms with Gasteiger partial charge in [0.05, 0.1) is 5.54 Å². The van der Waals surface area contributed by atoms with Gasteiger partial charge in [0.15, 0.2) is 0 Å². The Labute approximate surface area is 114 Å². The summed E-state index contributed by atoms with van der Waals surface area (Å²) >= 11 is 11.8. The van der Waals surface area contributed by atoms with E-state index in [0.29, 0.717) is 11.8 Å². The first-order valence-electron chi connectivity index (χ1n) is 5.67. The van der Waals surface area contributed by atoms with Crippen LogP contribution in [0.5, 0.6) is 0 Å². The smallest absolute Gasteiger partial charge is 0.126 e. The van der Waals surface area contributed by atoms with E-state index >= 15 is 0 Å². The van der Waals surface area contributed by atoms with Crippen molar-refractivity contribution < 1.29 is 0 Å². The molecule has 0 saturated heterocycles. The van der Waals surface area contributed by atoms with Gasteiger partial charge in [-0.1, -0.05) is 26.8 Å². The summed E-state index contributed by atoms with van der Waals surface area (Å²) in [6.07, 6.45) is 1.89. The third-order valence-corrected chi connectivity index (χ3v) is 3.83. The topological polar surface area (TPSA) is 24.9 Å². The lowest BCUT2D eigenvalue weighted by molar-refractivity contribution is 0.587. The van der Waals surface area contributed by atoms with Crippen molar-refractivity contribution in [1.29, 1.82) is 0 Å². The monoisotopic (exact) mass is 274 g/mol. The lowest BCUT2D eigenvalue weighted by Gasteiger charge is -2.27. The summed E-state index contributed by atoms with van der Waals surface area (Å²) in [7, 11) is 0. The zero-order valence-corrected chi connectivity index (χ0v) is 12.4. The second kappa shape index (κ2) is 5.45. The number of pyridine rings is 1. The highest BCUT2D eigenvalue weighted by molar-refractivity contribution is 6.22. The van der Waals surface area contributed by atoms with Gasteiger partial charge in [-0.2, -0.15) is 0 Å². The highest BCUT2D eigenvalue weighted by Crippen LogP contribution is 2.23. The molecule has 0 aliphatic carbocycles. The number of nitrogens with one attached hydrogen (secondary N) is 1. The van der Waals surface area contributed by atoms with Crippen molar-refractivity contribution in [2.75, 3.05) is 17.1 Å². The van der Waals surface area contributed by atoms with Crippen molar-refractivity contribution in [2.45, 2.75) is 38.6 Å². The van der Waals surface area contributed by atoms with Gasteiger partial charge in [-0.3, -0.25) is 0 Å². The van der Waals surface area contributed by atoms with Crippen LogP contribution in [0.4, 0.5) is 5.82 Å². The summed E-state index contributed by atoms with van der Waals surface area (Å²) < 4.78 is 0. The summed E-state index contributed by atoms with van der Waals surface area (Å²) in [6, 6.07) is 4.05. The van der Waals surface area contributed by atoms with E-state index in [2.05, 4.69) is 37.1 Å². The molecule has 0 fully saturated rings. The molecule has 1 aromatic rings. The molecule has 0 radical (unpaired) electrons. The van der Waals surface area contributed by atoms with Crippen LogP contribution in [0.3, 0.4) is 0 Å². The summed E-state index contributed by atoms with van der Waals surface area (Å²) in [6.45, 7) is 8.47. The van der Waals surface area contributed by atoms with E-state index in [9.17, 15) is 0 Å². The molecular weight excluding hydrogens is 255 g/mol. The maximum Gasteiger partial charge on any atom is 0.126 e. The first-order chi connectivity index (χ1) is 7.80. The van der Waals surface area contributed by atoms with E-state index in [4.69, 9.17) is 23.2 Å². The van der Waals surface area contributed by atoms with Crippen LogP contribution in [0, 0.1) is 0 Å². The fourth-order valence-electron chi connectivity index (χ4n) is 1.32. The number of alkyl halides is 2. The van der Waals surface area contributed by atoms with Crippen molar-refractivity contribution in [1.82, 2.24) is 4.98 Å². The molecule has 0 saturated carbocycles. The molecule has 1 heterocycles. The number of rotatable bonds is 4. The van der Waals surface area contributed by atoms with E-state index in [0.717, 1.165) is 5.82 Å². The van der Waals surface area contributed by atoms with Crippen LogP contribution in [-0.4, -0.2) is 22.3 Å². The maximum atomic E-state index is 5.89. The Morgan fingerprint density at radius 1 is 1.12 bits per heavy atom. The molecule has 0 amide bonds. The van der Waals surface area contributed by atoms with E-state index in [-0.39, 0.29) is 11.0 Å². The average Bonchev–Trinajstić information content (AvgIpc) is 2.28. The van der Waals surface area contributed by atoms with Gasteiger partial charge in [0.1, 0.15) is 5.82 Å². The quantitative estimate of drug-likeness (QED) is 0.839. The van der Waals surface area contributed by atoms with Crippen LogP contribution < -0.4 is 5.32 Å². The number of hydrogen-bond donors (Lipinski definition) is 1. The summed E-state index contributed by atoms with van der Waals surface area (Å²) in [5.41, 5.74) is 1.01. The summed E-state index contributed by atoms with van der Waals surface area (Å²) in [5, 5.41) is 3.26. The van der Waals surface area contributed by atoms with Gasteiger partial charge in [0.2, 0.25) is 0 Å². The van der Waals surface area contributed by atoms with Gasteiger partial charge < -0.3 is 5.32 Å². The maximum absolute atomic E-state index is 5.89. The molecule has 1 aromatic heterocycles. The van der Waals surface area contributed by atoms with Gasteiger partial charge in [-0.25, -0.2) is 4.98 Å². The molecule has 0 unspecified atom stereocenters. The van der Waals surface area contributed by atoms with Gasteiger partial charge in [-0.15, -0.1) is 23.2 Å². The number of hydrogen-bond acceptors (Lipinski definition) is 2. The van der Waals surface area contributed by atoms with E-state index in [1.807, 2.05) is 19.2 Å². The van der Waals surface area contributed by atoms with Gasteiger partial charge in [-0.05, 0) is 24.0 Å². The van der Waals surface area contributed by atoms with E-state index in [1.165, 1.54) is 5.56 Å². The van der Waals surface area contributed by atoms with Crippen LogP contribution >= 0.6 is 23.2 Å². The Kier molecular flexibility index (Phi) is 4.68. The predicted molar refractivity (Wildman–Crippen MR) is 76.4 cm³/mol. The van der Waals surface area contributed by atoms with Crippen molar-refractivity contribution in [3.63, 3.8) is 0 Å². The number of anilines is 1. The lowest BCUT2D eigenvalue weighted by atomic mass is 9.88. The van der Waals surface area contributed by atoms with Crippen LogP contribution in [0.15, 0.2) is 18.3 Å². The van der Waals surface area contributed by atoms with Crippen LogP contribution in [0.2, 0.25) is 0 Å². The Bertz CT molecular complexity index is 351. The van der Waals surface area contributed by atoms with Crippen molar-refractivity contribution >= 4 is 29.0 Å². The first-order valence-corrected chi connectivity index (χ1v) is 6.74. The lowest BCUT2D eigenvalue weighted by Crippen LogP contribution is -2.39. The third kappa shape index (κ3) is 4.04. The van der Waals surface area contributed by atoms with E-state index in [1.54, 1.807) is 0 Å². The Balaban J connectivity index is 2.82. The van der Waals surface area contributed by atoms with Crippen LogP contribution in [-0.2, 0) is 5.41 Å². The average molecular weight is 275 g/mol. The zero-order chi connectivity index (χ0) is 13.1. The van der Waals surface area contributed by atoms with Gasteiger partial charge in [0, 0.05) is 18.0 Å². The SMILES string of the molecule is CC(CCl)(CCl)Nc1ccc(C(C)(C)C)cn1. The summed E-state index contributed by atoms with van der Waals surface area (Å²) in [4.78, 5) is 4.40. The molecule has 2 nitrogen and oxygen atoms in total. The minimum Gasteiger partial charge on any atom is -0.363 e. The molecule has 0 aliphatic rings. The highest BCUT2D eigenvalue weighted by atomic mass is 35.5. The highest BCUT2D eigenvalue weighted by Gasteiger charge is 2.22. The van der Waals surface area contributed by atoms with Crippen molar-refractivity contribution in [2.24, 2.45) is 0 Å². The zero-order valence-electron chi connectivity index (χ0n) is 10.8. The number of halogens is 2. The molecule has 0 aliphatic heterocycles. The Morgan fingerprint density at radius 3 is 2.06 bits per heavy atom. The molecule has 1 rings (SSSR count). The molecule has 0 spiro atoms. The Hall–Kier alpha value is -0.470. The van der Waals surface area contributed by atoms with Crippen LogP contribution in [0.25, 0.3) is 0 Å². The normalized spacial score (nSPS) is 12.6. The number of nitrogens with zero attached hydrogens (tertiary/aromatic N) is 1. The van der Waals surface area contributed by atoms with Crippen molar-refractivity contribution in [3.05, 3.63) is 23.9 Å². The predicted octanol–water partition coefficient (Wildman–Crippen LogP) is 4.03. The minimum atomic E-state index is -0.320. The van der Waals surface area contributed by atoms with E-state index < -0.39 is 0 Å². The largest absolute Gasteiger partial charge is 0.363 e. The minimum absolute atomic E-state index is 0.119. The summed E-state index contributed by atoms with van der Waals surface area (Å²) in [5.74, 6) is 1.69. The van der Waals surface area contributed by atoms with Gasteiger partial charge in [0.25, 0.3) is 0 Å². The molecular formula is C13H20Cl2N2. The molecule has 1 N–H and O–H groups in total. The molecule has 96 valence electrons.